The average Bonchev–Trinajstić information content (AvgIpc) is 2.43. The van der Waals surface area contributed by atoms with Gasteiger partial charge in [0.15, 0.2) is 0 Å². The van der Waals surface area contributed by atoms with Gasteiger partial charge < -0.3 is 11.1 Å². The van der Waals surface area contributed by atoms with Gasteiger partial charge >= 0.3 is 0 Å². The number of aromatic nitrogens is 2. The van der Waals surface area contributed by atoms with Gasteiger partial charge in [0, 0.05) is 5.69 Å². The second kappa shape index (κ2) is 6.28. The van der Waals surface area contributed by atoms with Crippen LogP contribution in [0.3, 0.4) is 0 Å². The largest absolute Gasteiger partial charge is 0.399 e. The van der Waals surface area contributed by atoms with Crippen LogP contribution in [0.25, 0.3) is 0 Å². The van der Waals surface area contributed by atoms with Crippen molar-refractivity contribution in [3.05, 3.63) is 50.1 Å². The predicted molar refractivity (Wildman–Crippen MR) is 85.4 cm³/mol. The van der Waals surface area contributed by atoms with Gasteiger partial charge in [-0.3, -0.25) is 14.2 Å². The van der Waals surface area contributed by atoms with E-state index in [1.807, 2.05) is 0 Å². The number of halogens is 2. The molecule has 1 aromatic carbocycles. The summed E-state index contributed by atoms with van der Waals surface area (Å²) in [5.74, 6) is -0.401. The van der Waals surface area contributed by atoms with Crippen LogP contribution in [0, 0.1) is 6.92 Å². The molecule has 0 aliphatic rings. The Labute approximate surface area is 134 Å². The Morgan fingerprint density at radius 2 is 2.24 bits per heavy atom. The minimum Gasteiger partial charge on any atom is -0.399 e. The lowest BCUT2D eigenvalue weighted by Gasteiger charge is -2.10. The first-order valence-electron chi connectivity index (χ1n) is 5.95. The molecule has 0 fully saturated rings. The lowest BCUT2D eigenvalue weighted by Crippen LogP contribution is -2.28. The lowest BCUT2D eigenvalue weighted by atomic mass is 10.3. The Morgan fingerprint density at radius 3 is 2.95 bits per heavy atom. The molecule has 1 amide bonds. The zero-order valence-electron chi connectivity index (χ0n) is 11.1. The molecule has 6 nitrogen and oxygen atoms in total. The van der Waals surface area contributed by atoms with Gasteiger partial charge in [-0.15, -0.1) is 0 Å². The lowest BCUT2D eigenvalue weighted by molar-refractivity contribution is -0.116. The zero-order chi connectivity index (χ0) is 15.6. The molecule has 0 radical (unpaired) electrons. The Morgan fingerprint density at radius 1 is 1.52 bits per heavy atom. The van der Waals surface area contributed by atoms with Crippen molar-refractivity contribution in [1.29, 1.82) is 0 Å². The molecule has 0 aliphatic heterocycles. The first-order chi connectivity index (χ1) is 9.88. The van der Waals surface area contributed by atoms with Gasteiger partial charge in [-0.25, -0.2) is 4.98 Å². The van der Waals surface area contributed by atoms with Crippen molar-refractivity contribution in [2.45, 2.75) is 13.5 Å². The van der Waals surface area contributed by atoms with Crippen LogP contribution in [-0.4, -0.2) is 15.5 Å². The summed E-state index contributed by atoms with van der Waals surface area (Å²) in [4.78, 5) is 28.0. The standard InChI is InChI=1S/C13H12BrClN4O2/c1-7-12(14)13(21)19(6-17-7)5-11(20)18-10-4-8(16)2-3-9(10)15/h2-4,6H,5,16H2,1H3,(H,18,20). The summed E-state index contributed by atoms with van der Waals surface area (Å²) in [7, 11) is 0. The molecule has 21 heavy (non-hydrogen) atoms. The zero-order valence-corrected chi connectivity index (χ0v) is 13.4. The third kappa shape index (κ3) is 3.62. The number of hydrogen-bond donors (Lipinski definition) is 2. The van der Waals surface area contributed by atoms with E-state index in [0.29, 0.717) is 26.6 Å². The summed E-state index contributed by atoms with van der Waals surface area (Å²) in [6, 6.07) is 4.76. The van der Waals surface area contributed by atoms with Crippen LogP contribution >= 0.6 is 27.5 Å². The molecule has 2 aromatic rings. The summed E-state index contributed by atoms with van der Waals surface area (Å²) in [5, 5.41) is 2.98. The highest BCUT2D eigenvalue weighted by atomic mass is 79.9. The summed E-state index contributed by atoms with van der Waals surface area (Å²) >= 11 is 9.10. The first-order valence-corrected chi connectivity index (χ1v) is 7.12. The number of carbonyl (C=O) groups is 1. The number of rotatable bonds is 3. The average molecular weight is 372 g/mol. The number of carbonyl (C=O) groups excluding carboxylic acids is 1. The predicted octanol–water partition coefficient (Wildman–Crippen LogP) is 2.19. The van der Waals surface area contributed by atoms with E-state index in [2.05, 4.69) is 26.2 Å². The molecule has 1 aromatic heterocycles. The SMILES string of the molecule is Cc1ncn(CC(=O)Nc2cc(N)ccc2Cl)c(=O)c1Br. The highest BCUT2D eigenvalue weighted by Crippen LogP contribution is 2.23. The maximum atomic E-state index is 12.0. The van der Waals surface area contributed by atoms with Crippen molar-refractivity contribution >= 4 is 44.8 Å². The van der Waals surface area contributed by atoms with Gasteiger partial charge in [0.05, 0.1) is 22.7 Å². The van der Waals surface area contributed by atoms with E-state index >= 15 is 0 Å². The number of amides is 1. The van der Waals surface area contributed by atoms with Crippen molar-refractivity contribution < 1.29 is 4.79 Å². The van der Waals surface area contributed by atoms with Gasteiger partial charge in [-0.05, 0) is 41.1 Å². The molecular formula is C13H12BrClN4O2. The Bertz CT molecular complexity index is 760. The molecule has 2 rings (SSSR count). The fourth-order valence-corrected chi connectivity index (χ4v) is 2.14. The molecule has 0 atom stereocenters. The molecular weight excluding hydrogens is 360 g/mol. The van der Waals surface area contributed by atoms with Gasteiger partial charge in [0.1, 0.15) is 11.0 Å². The molecule has 110 valence electrons. The summed E-state index contributed by atoms with van der Waals surface area (Å²) in [6.07, 6.45) is 1.32. The maximum absolute atomic E-state index is 12.0. The molecule has 0 aliphatic carbocycles. The minimum atomic E-state index is -0.401. The summed E-state index contributed by atoms with van der Waals surface area (Å²) in [5.41, 5.74) is 6.75. The van der Waals surface area contributed by atoms with Crippen LogP contribution < -0.4 is 16.6 Å². The highest BCUT2D eigenvalue weighted by Gasteiger charge is 2.11. The Balaban J connectivity index is 2.18. The summed E-state index contributed by atoms with van der Waals surface area (Å²) in [6.45, 7) is 1.53. The third-order valence-corrected chi connectivity index (χ3v) is 3.98. The molecule has 1 heterocycles. The van der Waals surface area contributed by atoms with Gasteiger partial charge in [0.2, 0.25) is 5.91 Å². The van der Waals surface area contributed by atoms with Crippen molar-refractivity contribution in [1.82, 2.24) is 9.55 Å². The molecule has 0 saturated heterocycles. The number of aryl methyl sites for hydroxylation is 1. The van der Waals surface area contributed by atoms with Crippen molar-refractivity contribution in [3.63, 3.8) is 0 Å². The second-order valence-corrected chi connectivity index (χ2v) is 5.56. The highest BCUT2D eigenvalue weighted by molar-refractivity contribution is 9.10. The fraction of sp³-hybridized carbons (Fsp3) is 0.154. The van der Waals surface area contributed by atoms with Crippen LogP contribution in [0.4, 0.5) is 11.4 Å². The number of hydrogen-bond acceptors (Lipinski definition) is 4. The normalized spacial score (nSPS) is 10.4. The van der Waals surface area contributed by atoms with Gasteiger partial charge in [-0.1, -0.05) is 11.6 Å². The van der Waals surface area contributed by atoms with Crippen molar-refractivity contribution in [3.8, 4) is 0 Å². The first kappa shape index (κ1) is 15.5. The van der Waals surface area contributed by atoms with Crippen LogP contribution in [-0.2, 0) is 11.3 Å². The third-order valence-electron chi connectivity index (χ3n) is 2.74. The molecule has 0 unspecified atom stereocenters. The van der Waals surface area contributed by atoms with Gasteiger partial charge in [0.25, 0.3) is 5.56 Å². The quantitative estimate of drug-likeness (QED) is 0.809. The number of nitrogens with one attached hydrogen (secondary N) is 1. The molecule has 0 bridgehead atoms. The van der Waals surface area contributed by atoms with Crippen LogP contribution in [0.1, 0.15) is 5.69 Å². The number of nitrogens with two attached hydrogens (primary N) is 1. The number of nitrogen functional groups attached to an aromatic ring is 1. The minimum absolute atomic E-state index is 0.171. The van der Waals surface area contributed by atoms with Crippen molar-refractivity contribution in [2.75, 3.05) is 11.1 Å². The second-order valence-electron chi connectivity index (χ2n) is 4.36. The van der Waals surface area contributed by atoms with E-state index in [1.165, 1.54) is 10.9 Å². The maximum Gasteiger partial charge on any atom is 0.268 e. The van der Waals surface area contributed by atoms with E-state index in [-0.39, 0.29) is 12.1 Å². The van der Waals surface area contributed by atoms with E-state index in [0.717, 1.165) is 0 Å². The number of benzene rings is 1. The summed E-state index contributed by atoms with van der Waals surface area (Å²) < 4.78 is 1.53. The van der Waals surface area contributed by atoms with Crippen molar-refractivity contribution in [2.24, 2.45) is 0 Å². The van der Waals surface area contributed by atoms with Gasteiger partial charge in [-0.2, -0.15) is 0 Å². The fourth-order valence-electron chi connectivity index (χ4n) is 1.64. The smallest absolute Gasteiger partial charge is 0.268 e. The molecule has 8 heteroatoms. The number of nitrogens with zero attached hydrogens (tertiary/aromatic N) is 2. The monoisotopic (exact) mass is 370 g/mol. The van der Waals surface area contributed by atoms with Crippen LogP contribution in [0.15, 0.2) is 33.8 Å². The molecule has 3 N–H and O–H groups in total. The molecule has 0 spiro atoms. The molecule has 0 saturated carbocycles. The van der Waals surface area contributed by atoms with E-state index < -0.39 is 5.91 Å². The Kier molecular flexibility index (Phi) is 4.64. The van der Waals surface area contributed by atoms with Crippen LogP contribution in [0.2, 0.25) is 5.02 Å². The van der Waals surface area contributed by atoms with E-state index in [9.17, 15) is 9.59 Å². The van der Waals surface area contributed by atoms with Crippen LogP contribution in [0.5, 0.6) is 0 Å². The Hall–Kier alpha value is -1.86. The number of anilines is 2. The van der Waals surface area contributed by atoms with E-state index in [1.54, 1.807) is 25.1 Å². The topological polar surface area (TPSA) is 90.0 Å². The van der Waals surface area contributed by atoms with E-state index in [4.69, 9.17) is 17.3 Å².